The molecule has 0 saturated heterocycles. The molecule has 0 spiro atoms. The average Bonchev–Trinajstić information content (AvgIpc) is 2.68. The summed E-state index contributed by atoms with van der Waals surface area (Å²) in [5.41, 5.74) is 3.70. The summed E-state index contributed by atoms with van der Waals surface area (Å²) < 4.78 is 0. The van der Waals surface area contributed by atoms with Gasteiger partial charge in [-0.05, 0) is 36.8 Å². The van der Waals surface area contributed by atoms with Gasteiger partial charge in [0, 0.05) is 11.3 Å². The Morgan fingerprint density at radius 2 is 1.44 bits per heavy atom. The highest BCUT2D eigenvalue weighted by molar-refractivity contribution is 6.06. The van der Waals surface area contributed by atoms with E-state index < -0.39 is 0 Å². The van der Waals surface area contributed by atoms with E-state index in [0.29, 0.717) is 5.56 Å². The van der Waals surface area contributed by atoms with Gasteiger partial charge in [0.2, 0.25) is 0 Å². The van der Waals surface area contributed by atoms with Crippen molar-refractivity contribution < 1.29 is 4.79 Å². The third kappa shape index (κ3) is 3.69. The third-order valence-corrected chi connectivity index (χ3v) is 4.19. The standard InChI is InChI=1S/C23H21NO/c1-3-22(19-10-6-4-7-11-19)24(21-16-14-18(2)15-17-21)23(25)20-12-8-5-9-13-20/h3-17,22H,1H2,2H3/t22-/m0/s1. The molecular formula is C23H21NO. The molecule has 0 aliphatic heterocycles. The van der Waals surface area contributed by atoms with E-state index in [9.17, 15) is 4.79 Å². The van der Waals surface area contributed by atoms with E-state index in [-0.39, 0.29) is 11.9 Å². The predicted molar refractivity (Wildman–Crippen MR) is 104 cm³/mol. The molecule has 0 aromatic heterocycles. The van der Waals surface area contributed by atoms with Gasteiger partial charge >= 0.3 is 0 Å². The second kappa shape index (κ2) is 7.63. The maximum atomic E-state index is 13.3. The highest BCUT2D eigenvalue weighted by atomic mass is 16.2. The van der Waals surface area contributed by atoms with Gasteiger partial charge in [0.1, 0.15) is 0 Å². The highest BCUT2D eigenvalue weighted by Gasteiger charge is 2.25. The van der Waals surface area contributed by atoms with Crippen LogP contribution in [0.3, 0.4) is 0 Å². The lowest BCUT2D eigenvalue weighted by Crippen LogP contribution is -2.34. The molecule has 0 saturated carbocycles. The van der Waals surface area contributed by atoms with Gasteiger partial charge in [0.25, 0.3) is 5.91 Å². The largest absolute Gasteiger partial charge is 0.297 e. The fraction of sp³-hybridized carbons (Fsp3) is 0.0870. The number of carbonyl (C=O) groups is 1. The molecule has 0 N–H and O–H groups in total. The van der Waals surface area contributed by atoms with Crippen LogP contribution in [0.4, 0.5) is 5.69 Å². The minimum absolute atomic E-state index is 0.0433. The summed E-state index contributed by atoms with van der Waals surface area (Å²) in [4.78, 5) is 15.1. The maximum absolute atomic E-state index is 13.3. The monoisotopic (exact) mass is 327 g/mol. The van der Waals surface area contributed by atoms with Crippen molar-refractivity contribution in [2.45, 2.75) is 13.0 Å². The van der Waals surface area contributed by atoms with Crippen molar-refractivity contribution in [3.8, 4) is 0 Å². The Labute approximate surface area is 149 Å². The first-order chi connectivity index (χ1) is 12.2. The molecule has 3 aromatic carbocycles. The number of anilines is 1. The van der Waals surface area contributed by atoms with E-state index in [1.165, 1.54) is 0 Å². The fourth-order valence-electron chi connectivity index (χ4n) is 2.87. The van der Waals surface area contributed by atoms with Crippen LogP contribution in [0.5, 0.6) is 0 Å². The van der Waals surface area contributed by atoms with E-state index in [4.69, 9.17) is 0 Å². The van der Waals surface area contributed by atoms with Crippen LogP contribution in [0.15, 0.2) is 97.6 Å². The summed E-state index contributed by atoms with van der Waals surface area (Å²) in [6.45, 7) is 6.02. The van der Waals surface area contributed by atoms with Crippen LogP contribution in [0.25, 0.3) is 0 Å². The number of hydrogen-bond acceptors (Lipinski definition) is 1. The van der Waals surface area contributed by atoms with Crippen LogP contribution in [-0.2, 0) is 0 Å². The van der Waals surface area contributed by atoms with Gasteiger partial charge in [0.05, 0.1) is 6.04 Å². The number of amides is 1. The minimum atomic E-state index is -0.239. The molecule has 3 aromatic rings. The first kappa shape index (κ1) is 16.7. The molecule has 2 heteroatoms. The van der Waals surface area contributed by atoms with Gasteiger partial charge in [0.15, 0.2) is 0 Å². The molecule has 0 fully saturated rings. The fourth-order valence-corrected chi connectivity index (χ4v) is 2.87. The Balaban J connectivity index is 2.09. The van der Waals surface area contributed by atoms with Crippen molar-refractivity contribution in [3.05, 3.63) is 114 Å². The van der Waals surface area contributed by atoms with Crippen LogP contribution in [0, 0.1) is 6.92 Å². The van der Waals surface area contributed by atoms with Gasteiger partial charge < -0.3 is 0 Å². The molecule has 1 atom stereocenters. The highest BCUT2D eigenvalue weighted by Crippen LogP contribution is 2.30. The molecule has 3 rings (SSSR count). The van der Waals surface area contributed by atoms with Crippen molar-refractivity contribution >= 4 is 11.6 Å². The number of benzene rings is 3. The molecule has 0 aliphatic carbocycles. The normalized spacial score (nSPS) is 11.6. The van der Waals surface area contributed by atoms with Crippen LogP contribution in [-0.4, -0.2) is 5.91 Å². The van der Waals surface area contributed by atoms with E-state index in [1.54, 1.807) is 4.90 Å². The smallest absolute Gasteiger partial charge is 0.259 e. The van der Waals surface area contributed by atoms with Gasteiger partial charge in [-0.15, -0.1) is 6.58 Å². The Morgan fingerprint density at radius 1 is 0.880 bits per heavy atom. The molecule has 0 unspecified atom stereocenters. The summed E-state index contributed by atoms with van der Waals surface area (Å²) in [6.07, 6.45) is 1.82. The second-order valence-corrected chi connectivity index (χ2v) is 5.97. The number of nitrogens with zero attached hydrogens (tertiary/aromatic N) is 1. The third-order valence-electron chi connectivity index (χ3n) is 4.19. The molecule has 0 radical (unpaired) electrons. The van der Waals surface area contributed by atoms with E-state index in [0.717, 1.165) is 16.8 Å². The molecule has 0 bridgehead atoms. The second-order valence-electron chi connectivity index (χ2n) is 5.97. The minimum Gasteiger partial charge on any atom is -0.297 e. The van der Waals surface area contributed by atoms with Gasteiger partial charge in [-0.2, -0.15) is 0 Å². The zero-order valence-electron chi connectivity index (χ0n) is 14.3. The Bertz CT molecular complexity index is 838. The SMILES string of the molecule is C=C[C@@H](c1ccccc1)N(C(=O)c1ccccc1)c1ccc(C)cc1. The molecule has 1 amide bonds. The Kier molecular flexibility index (Phi) is 5.10. The summed E-state index contributed by atoms with van der Waals surface area (Å²) in [6, 6.07) is 27.1. The van der Waals surface area contributed by atoms with E-state index >= 15 is 0 Å². The van der Waals surface area contributed by atoms with Crippen molar-refractivity contribution in [2.75, 3.05) is 4.90 Å². The first-order valence-corrected chi connectivity index (χ1v) is 8.33. The molecule has 25 heavy (non-hydrogen) atoms. The topological polar surface area (TPSA) is 20.3 Å². The van der Waals surface area contributed by atoms with Gasteiger partial charge in [-0.25, -0.2) is 0 Å². The van der Waals surface area contributed by atoms with Crippen LogP contribution >= 0.6 is 0 Å². The lowest BCUT2D eigenvalue weighted by Gasteiger charge is -2.30. The zero-order valence-corrected chi connectivity index (χ0v) is 14.3. The van der Waals surface area contributed by atoms with Gasteiger partial charge in [-0.1, -0.05) is 72.3 Å². The molecule has 124 valence electrons. The van der Waals surface area contributed by atoms with Crippen molar-refractivity contribution in [1.29, 1.82) is 0 Å². The summed E-state index contributed by atoms with van der Waals surface area (Å²) in [5.74, 6) is -0.0433. The van der Waals surface area contributed by atoms with Crippen LogP contribution < -0.4 is 4.90 Å². The van der Waals surface area contributed by atoms with E-state index in [1.807, 2.05) is 97.9 Å². The lowest BCUT2D eigenvalue weighted by molar-refractivity contribution is 0.0981. The molecule has 0 aliphatic rings. The number of carbonyl (C=O) groups excluding carboxylic acids is 1. The number of aryl methyl sites for hydroxylation is 1. The number of rotatable bonds is 5. The first-order valence-electron chi connectivity index (χ1n) is 8.33. The quantitative estimate of drug-likeness (QED) is 0.561. The number of hydrogen-bond donors (Lipinski definition) is 0. The lowest BCUT2D eigenvalue weighted by atomic mass is 10.0. The zero-order chi connectivity index (χ0) is 17.6. The van der Waals surface area contributed by atoms with Gasteiger partial charge in [-0.3, -0.25) is 9.69 Å². The summed E-state index contributed by atoms with van der Waals surface area (Å²) >= 11 is 0. The Morgan fingerprint density at radius 3 is 2.00 bits per heavy atom. The molecular weight excluding hydrogens is 306 g/mol. The summed E-state index contributed by atoms with van der Waals surface area (Å²) in [5, 5.41) is 0. The van der Waals surface area contributed by atoms with Crippen molar-refractivity contribution in [2.24, 2.45) is 0 Å². The van der Waals surface area contributed by atoms with Crippen LogP contribution in [0.2, 0.25) is 0 Å². The summed E-state index contributed by atoms with van der Waals surface area (Å²) in [7, 11) is 0. The van der Waals surface area contributed by atoms with E-state index in [2.05, 4.69) is 6.58 Å². The predicted octanol–water partition coefficient (Wildman–Crippen LogP) is 5.57. The van der Waals surface area contributed by atoms with Crippen molar-refractivity contribution in [1.82, 2.24) is 0 Å². The maximum Gasteiger partial charge on any atom is 0.259 e. The molecule has 2 nitrogen and oxygen atoms in total. The van der Waals surface area contributed by atoms with Crippen LogP contribution in [0.1, 0.15) is 27.5 Å². The van der Waals surface area contributed by atoms with Crippen molar-refractivity contribution in [3.63, 3.8) is 0 Å². The average molecular weight is 327 g/mol. The molecule has 0 heterocycles. The Hall–Kier alpha value is -3.13.